The lowest BCUT2D eigenvalue weighted by atomic mass is 10.1. The molecule has 1 aliphatic rings. The first-order valence-electron chi connectivity index (χ1n) is 6.88. The topological polar surface area (TPSA) is 64.2 Å². The zero-order chi connectivity index (χ0) is 13.9. The van der Waals surface area contributed by atoms with Gasteiger partial charge in [-0.1, -0.05) is 18.2 Å². The number of carbonyl (C=O) groups is 1. The highest BCUT2D eigenvalue weighted by atomic mass is 35.5. The maximum absolute atomic E-state index is 12.6. The largest absolute Gasteiger partial charge is 0.337 e. The van der Waals surface area contributed by atoms with E-state index in [0.717, 1.165) is 31.6 Å². The van der Waals surface area contributed by atoms with Gasteiger partial charge in [-0.25, -0.2) is 4.98 Å². The number of imidazole rings is 1. The summed E-state index contributed by atoms with van der Waals surface area (Å²) in [5.74, 6) is 0.0262. The number of para-hydroxylation sites is 1. The van der Waals surface area contributed by atoms with E-state index in [9.17, 15) is 4.79 Å². The van der Waals surface area contributed by atoms with E-state index in [2.05, 4.69) is 4.98 Å². The van der Waals surface area contributed by atoms with E-state index in [0.29, 0.717) is 5.69 Å². The van der Waals surface area contributed by atoms with Gasteiger partial charge in [-0.05, 0) is 25.0 Å². The first-order chi connectivity index (χ1) is 9.75. The number of rotatable bonds is 2. The highest BCUT2D eigenvalue weighted by molar-refractivity contribution is 5.93. The molecule has 0 radical (unpaired) electrons. The Labute approximate surface area is 142 Å². The number of benzene rings is 1. The Balaban J connectivity index is 0.00000121. The number of halogens is 2. The molecule has 2 aromatic rings. The molecule has 1 saturated heterocycles. The monoisotopic (exact) mass is 342 g/mol. The number of nitrogens with zero attached hydrogens (tertiary/aromatic N) is 3. The molecule has 1 amide bonds. The predicted octanol–water partition coefficient (Wildman–Crippen LogP) is 2.28. The molecule has 0 saturated carbocycles. The Morgan fingerprint density at radius 1 is 1.14 bits per heavy atom. The van der Waals surface area contributed by atoms with E-state index in [1.54, 1.807) is 12.5 Å². The molecule has 22 heavy (non-hydrogen) atoms. The number of likely N-dealkylation sites (tertiary alicyclic amines) is 1. The molecule has 2 N–H and O–H groups in total. The summed E-state index contributed by atoms with van der Waals surface area (Å²) >= 11 is 0. The van der Waals surface area contributed by atoms with Crippen molar-refractivity contribution in [3.05, 3.63) is 48.5 Å². The molecule has 5 nitrogen and oxygen atoms in total. The van der Waals surface area contributed by atoms with Gasteiger partial charge in [-0.15, -0.1) is 24.8 Å². The summed E-state index contributed by atoms with van der Waals surface area (Å²) in [6, 6.07) is 9.99. The summed E-state index contributed by atoms with van der Waals surface area (Å²) in [7, 11) is 0. The lowest BCUT2D eigenvalue weighted by molar-refractivity contribution is 0.0706. The number of amides is 1. The molecule has 0 atom stereocenters. The van der Waals surface area contributed by atoms with Crippen molar-refractivity contribution in [1.29, 1.82) is 0 Å². The summed E-state index contributed by atoms with van der Waals surface area (Å²) in [6.45, 7) is 1.44. The van der Waals surface area contributed by atoms with Crippen LogP contribution in [-0.4, -0.2) is 39.5 Å². The van der Waals surface area contributed by atoms with Crippen LogP contribution in [-0.2, 0) is 0 Å². The Morgan fingerprint density at radius 2 is 1.77 bits per heavy atom. The number of nitrogens with two attached hydrogens (primary N) is 1. The SMILES string of the molecule is Cl.Cl.NC1CCN(C(=O)c2cncn2-c2ccccc2)CC1. The highest BCUT2D eigenvalue weighted by Gasteiger charge is 2.24. The molecule has 2 heterocycles. The average Bonchev–Trinajstić information content (AvgIpc) is 2.97. The normalized spacial score (nSPS) is 14.9. The van der Waals surface area contributed by atoms with Gasteiger partial charge in [-0.2, -0.15) is 0 Å². The van der Waals surface area contributed by atoms with Crippen molar-refractivity contribution in [1.82, 2.24) is 14.5 Å². The van der Waals surface area contributed by atoms with E-state index in [-0.39, 0.29) is 36.8 Å². The molecule has 3 rings (SSSR count). The van der Waals surface area contributed by atoms with Crippen molar-refractivity contribution < 1.29 is 4.79 Å². The fourth-order valence-electron chi connectivity index (χ4n) is 2.51. The molecular formula is C15H20Cl2N4O. The fraction of sp³-hybridized carbons (Fsp3) is 0.333. The number of piperidine rings is 1. The predicted molar refractivity (Wildman–Crippen MR) is 91.2 cm³/mol. The molecule has 1 aliphatic heterocycles. The lowest BCUT2D eigenvalue weighted by Gasteiger charge is -2.30. The molecule has 0 spiro atoms. The van der Waals surface area contributed by atoms with Crippen LogP contribution in [0.4, 0.5) is 0 Å². The van der Waals surface area contributed by atoms with E-state index < -0.39 is 0 Å². The first kappa shape index (κ1) is 18.5. The molecule has 1 aromatic heterocycles. The number of carbonyl (C=O) groups excluding carboxylic acids is 1. The van der Waals surface area contributed by atoms with Crippen LogP contribution in [0, 0.1) is 0 Å². The third kappa shape index (κ3) is 3.80. The van der Waals surface area contributed by atoms with Gasteiger partial charge in [0, 0.05) is 24.8 Å². The van der Waals surface area contributed by atoms with Crippen LogP contribution in [0.25, 0.3) is 5.69 Å². The van der Waals surface area contributed by atoms with Crippen LogP contribution in [0.2, 0.25) is 0 Å². The van der Waals surface area contributed by atoms with Crippen LogP contribution in [0.1, 0.15) is 23.3 Å². The van der Waals surface area contributed by atoms with Gasteiger partial charge >= 0.3 is 0 Å². The standard InChI is InChI=1S/C15H18N4O.2ClH/c16-12-6-8-18(9-7-12)15(20)14-10-17-11-19(14)13-4-2-1-3-5-13;;/h1-5,10-12H,6-9,16H2;2*1H. The van der Waals surface area contributed by atoms with E-state index >= 15 is 0 Å². The summed E-state index contributed by atoms with van der Waals surface area (Å²) < 4.78 is 1.83. The van der Waals surface area contributed by atoms with Crippen molar-refractivity contribution >= 4 is 30.7 Å². The Bertz CT molecular complexity index is 595. The number of hydrogen-bond donors (Lipinski definition) is 1. The maximum atomic E-state index is 12.6. The van der Waals surface area contributed by atoms with Gasteiger partial charge in [0.15, 0.2) is 0 Å². The molecular weight excluding hydrogens is 323 g/mol. The Morgan fingerprint density at radius 3 is 2.41 bits per heavy atom. The highest BCUT2D eigenvalue weighted by Crippen LogP contribution is 2.16. The van der Waals surface area contributed by atoms with E-state index in [1.807, 2.05) is 39.8 Å². The third-order valence-corrected chi connectivity index (χ3v) is 3.72. The number of hydrogen-bond acceptors (Lipinski definition) is 3. The summed E-state index contributed by atoms with van der Waals surface area (Å²) in [5.41, 5.74) is 7.43. The lowest BCUT2D eigenvalue weighted by Crippen LogP contribution is -2.43. The second-order valence-electron chi connectivity index (χ2n) is 5.11. The van der Waals surface area contributed by atoms with Gasteiger partial charge in [-0.3, -0.25) is 9.36 Å². The quantitative estimate of drug-likeness (QED) is 0.910. The van der Waals surface area contributed by atoms with Crippen LogP contribution < -0.4 is 5.73 Å². The minimum atomic E-state index is 0. The fourth-order valence-corrected chi connectivity index (χ4v) is 2.51. The van der Waals surface area contributed by atoms with Gasteiger partial charge in [0.2, 0.25) is 0 Å². The van der Waals surface area contributed by atoms with Crippen molar-refractivity contribution in [2.24, 2.45) is 5.73 Å². The summed E-state index contributed by atoms with van der Waals surface area (Å²) in [6.07, 6.45) is 5.04. The summed E-state index contributed by atoms with van der Waals surface area (Å²) in [4.78, 5) is 18.6. The van der Waals surface area contributed by atoms with E-state index in [1.165, 1.54) is 0 Å². The smallest absolute Gasteiger partial charge is 0.272 e. The van der Waals surface area contributed by atoms with Crippen molar-refractivity contribution in [3.63, 3.8) is 0 Å². The molecule has 0 bridgehead atoms. The summed E-state index contributed by atoms with van der Waals surface area (Å²) in [5, 5.41) is 0. The van der Waals surface area contributed by atoms with Crippen LogP contribution >= 0.6 is 24.8 Å². The zero-order valence-corrected chi connectivity index (χ0v) is 13.7. The second kappa shape index (κ2) is 8.17. The minimum absolute atomic E-state index is 0. The Kier molecular flexibility index (Phi) is 6.87. The van der Waals surface area contributed by atoms with Crippen LogP contribution in [0.5, 0.6) is 0 Å². The van der Waals surface area contributed by atoms with Crippen LogP contribution in [0.15, 0.2) is 42.9 Å². The van der Waals surface area contributed by atoms with Crippen molar-refractivity contribution in [2.75, 3.05) is 13.1 Å². The molecule has 0 aliphatic carbocycles. The van der Waals surface area contributed by atoms with E-state index in [4.69, 9.17) is 5.73 Å². The molecule has 1 aromatic carbocycles. The minimum Gasteiger partial charge on any atom is -0.337 e. The first-order valence-corrected chi connectivity index (χ1v) is 6.88. The van der Waals surface area contributed by atoms with Gasteiger partial charge < -0.3 is 10.6 Å². The molecule has 1 fully saturated rings. The van der Waals surface area contributed by atoms with Gasteiger partial charge in [0.1, 0.15) is 5.69 Å². The van der Waals surface area contributed by atoms with Crippen molar-refractivity contribution in [3.8, 4) is 5.69 Å². The van der Waals surface area contributed by atoms with Gasteiger partial charge in [0.25, 0.3) is 5.91 Å². The second-order valence-corrected chi connectivity index (χ2v) is 5.11. The molecule has 0 unspecified atom stereocenters. The zero-order valence-electron chi connectivity index (χ0n) is 12.1. The van der Waals surface area contributed by atoms with Crippen molar-refractivity contribution in [2.45, 2.75) is 18.9 Å². The Hall–Kier alpha value is -1.56. The molecule has 120 valence electrons. The molecule has 7 heteroatoms. The average molecular weight is 343 g/mol. The number of aromatic nitrogens is 2. The van der Waals surface area contributed by atoms with Gasteiger partial charge in [0.05, 0.1) is 12.5 Å². The maximum Gasteiger partial charge on any atom is 0.272 e. The van der Waals surface area contributed by atoms with Crippen LogP contribution in [0.3, 0.4) is 0 Å². The third-order valence-electron chi connectivity index (χ3n) is 3.72.